The second-order valence-corrected chi connectivity index (χ2v) is 3.61. The molecule has 1 aliphatic heterocycles. The maximum Gasteiger partial charge on any atom is 0.158 e. The molecule has 0 aromatic rings. The molecule has 2 nitrogen and oxygen atoms in total. The fourth-order valence-corrected chi connectivity index (χ4v) is 2.11. The van der Waals surface area contributed by atoms with Crippen LogP contribution in [-0.4, -0.2) is 18.5 Å². The van der Waals surface area contributed by atoms with E-state index in [9.17, 15) is 4.79 Å². The maximum atomic E-state index is 11.2. The summed E-state index contributed by atoms with van der Waals surface area (Å²) in [5.41, 5.74) is 2.26. The van der Waals surface area contributed by atoms with Crippen LogP contribution in [0.1, 0.15) is 32.6 Å². The number of ketones is 1. The first-order chi connectivity index (χ1) is 5.79. The van der Waals surface area contributed by atoms with Gasteiger partial charge in [-0.2, -0.15) is 0 Å². The van der Waals surface area contributed by atoms with E-state index in [4.69, 9.17) is 4.74 Å². The summed E-state index contributed by atoms with van der Waals surface area (Å²) in [4.78, 5) is 11.2. The van der Waals surface area contributed by atoms with Crippen LogP contribution in [0.4, 0.5) is 0 Å². The largest absolute Gasteiger partial charge is 0.369 e. The molecular weight excluding hydrogens is 152 g/mol. The van der Waals surface area contributed by atoms with E-state index in [0.717, 1.165) is 18.4 Å². The minimum atomic E-state index is 0.203. The molecule has 0 saturated heterocycles. The number of carbonyl (C=O) groups excluding carboxylic acids is 1. The van der Waals surface area contributed by atoms with E-state index >= 15 is 0 Å². The first kappa shape index (κ1) is 7.99. The average molecular weight is 166 g/mol. The van der Waals surface area contributed by atoms with E-state index in [-0.39, 0.29) is 11.9 Å². The Balaban J connectivity index is 2.25. The first-order valence-electron chi connectivity index (χ1n) is 4.63. The SMILES string of the molecule is CC(=O)C1=C2CCCCC2OC1. The topological polar surface area (TPSA) is 26.3 Å². The van der Waals surface area contributed by atoms with Gasteiger partial charge in [0.25, 0.3) is 0 Å². The summed E-state index contributed by atoms with van der Waals surface area (Å²) in [6.45, 7) is 2.21. The minimum Gasteiger partial charge on any atom is -0.369 e. The van der Waals surface area contributed by atoms with Crippen molar-refractivity contribution in [3.63, 3.8) is 0 Å². The monoisotopic (exact) mass is 166 g/mol. The van der Waals surface area contributed by atoms with E-state index in [1.807, 2.05) is 0 Å². The summed E-state index contributed by atoms with van der Waals surface area (Å²) in [5, 5.41) is 0. The molecule has 66 valence electrons. The molecule has 0 radical (unpaired) electrons. The zero-order valence-electron chi connectivity index (χ0n) is 7.43. The minimum absolute atomic E-state index is 0.203. The standard InChI is InChI=1S/C10H14O2/c1-7(11)9-6-12-10-5-3-2-4-8(9)10/h10H,2-6H2,1H3. The van der Waals surface area contributed by atoms with E-state index in [0.29, 0.717) is 6.61 Å². The third kappa shape index (κ3) is 1.20. The lowest BCUT2D eigenvalue weighted by Crippen LogP contribution is -2.14. The molecule has 0 N–H and O–H groups in total. The number of Topliss-reactive ketones (excluding diaryl/α,β-unsaturated/α-hetero) is 1. The average Bonchev–Trinajstić information content (AvgIpc) is 2.47. The van der Waals surface area contributed by atoms with Crippen LogP contribution in [0.3, 0.4) is 0 Å². The highest BCUT2D eigenvalue weighted by Gasteiger charge is 2.29. The van der Waals surface area contributed by atoms with E-state index < -0.39 is 0 Å². The zero-order chi connectivity index (χ0) is 8.55. The second-order valence-electron chi connectivity index (χ2n) is 3.61. The van der Waals surface area contributed by atoms with Gasteiger partial charge >= 0.3 is 0 Å². The quantitative estimate of drug-likeness (QED) is 0.594. The molecule has 1 heterocycles. The Morgan fingerprint density at radius 2 is 2.33 bits per heavy atom. The van der Waals surface area contributed by atoms with Gasteiger partial charge in [-0.15, -0.1) is 0 Å². The van der Waals surface area contributed by atoms with E-state index in [1.54, 1.807) is 6.92 Å². The van der Waals surface area contributed by atoms with Crippen molar-refractivity contribution in [1.29, 1.82) is 0 Å². The third-order valence-electron chi connectivity index (χ3n) is 2.79. The van der Waals surface area contributed by atoms with Gasteiger partial charge in [-0.3, -0.25) is 4.79 Å². The molecule has 12 heavy (non-hydrogen) atoms. The summed E-state index contributed by atoms with van der Waals surface area (Å²) in [6, 6.07) is 0. The smallest absolute Gasteiger partial charge is 0.158 e. The Labute approximate surface area is 72.6 Å². The van der Waals surface area contributed by atoms with E-state index in [1.165, 1.54) is 18.4 Å². The predicted octanol–water partition coefficient (Wildman–Crippen LogP) is 1.84. The van der Waals surface area contributed by atoms with Gasteiger partial charge in [-0.05, 0) is 31.8 Å². The summed E-state index contributed by atoms with van der Waals surface area (Å²) in [7, 11) is 0. The summed E-state index contributed by atoms with van der Waals surface area (Å²) in [6.07, 6.45) is 4.97. The highest BCUT2D eigenvalue weighted by Crippen LogP contribution is 2.33. The Kier molecular flexibility index (Phi) is 2.01. The summed E-state index contributed by atoms with van der Waals surface area (Å²) >= 11 is 0. The molecule has 1 fully saturated rings. The maximum absolute atomic E-state index is 11.2. The lowest BCUT2D eigenvalue weighted by molar-refractivity contribution is -0.113. The number of hydrogen-bond acceptors (Lipinski definition) is 2. The molecule has 0 amide bonds. The number of ether oxygens (including phenoxy) is 1. The molecule has 2 heteroatoms. The van der Waals surface area contributed by atoms with Crippen LogP contribution in [0.2, 0.25) is 0 Å². The molecule has 0 aromatic carbocycles. The molecule has 1 unspecified atom stereocenters. The van der Waals surface area contributed by atoms with Gasteiger partial charge in [0.2, 0.25) is 0 Å². The molecule has 1 saturated carbocycles. The van der Waals surface area contributed by atoms with Crippen molar-refractivity contribution in [2.45, 2.75) is 38.7 Å². The molecule has 2 aliphatic rings. The molecular formula is C10H14O2. The third-order valence-corrected chi connectivity index (χ3v) is 2.79. The van der Waals surface area contributed by atoms with Crippen molar-refractivity contribution >= 4 is 5.78 Å². The Hall–Kier alpha value is -0.630. The number of rotatable bonds is 1. The second kappa shape index (κ2) is 3.02. The fourth-order valence-electron chi connectivity index (χ4n) is 2.11. The van der Waals surface area contributed by atoms with Crippen molar-refractivity contribution in [2.24, 2.45) is 0 Å². The predicted molar refractivity (Wildman–Crippen MR) is 45.9 cm³/mol. The lowest BCUT2D eigenvalue weighted by atomic mass is 9.89. The Morgan fingerprint density at radius 3 is 3.08 bits per heavy atom. The molecule has 0 spiro atoms. The molecule has 2 rings (SSSR count). The highest BCUT2D eigenvalue weighted by molar-refractivity contribution is 5.95. The van der Waals surface area contributed by atoms with Crippen molar-refractivity contribution in [3.8, 4) is 0 Å². The number of carbonyl (C=O) groups is 1. The van der Waals surface area contributed by atoms with Gasteiger partial charge in [0.1, 0.15) is 0 Å². The Morgan fingerprint density at radius 1 is 1.50 bits per heavy atom. The number of fused-ring (bicyclic) bond motifs is 1. The van der Waals surface area contributed by atoms with Crippen LogP contribution in [0.25, 0.3) is 0 Å². The van der Waals surface area contributed by atoms with Crippen molar-refractivity contribution < 1.29 is 9.53 Å². The van der Waals surface area contributed by atoms with Gasteiger partial charge in [-0.1, -0.05) is 6.42 Å². The first-order valence-corrected chi connectivity index (χ1v) is 4.63. The van der Waals surface area contributed by atoms with Gasteiger partial charge in [0.15, 0.2) is 5.78 Å². The van der Waals surface area contributed by atoms with Gasteiger partial charge in [0.05, 0.1) is 12.7 Å². The van der Waals surface area contributed by atoms with Crippen LogP contribution in [-0.2, 0) is 9.53 Å². The summed E-state index contributed by atoms with van der Waals surface area (Å²) in [5.74, 6) is 0.203. The lowest BCUT2D eigenvalue weighted by Gasteiger charge is -2.19. The van der Waals surface area contributed by atoms with Crippen LogP contribution in [0.15, 0.2) is 11.1 Å². The van der Waals surface area contributed by atoms with Gasteiger partial charge in [0, 0.05) is 5.57 Å². The van der Waals surface area contributed by atoms with Crippen LogP contribution in [0.5, 0.6) is 0 Å². The van der Waals surface area contributed by atoms with E-state index in [2.05, 4.69) is 0 Å². The van der Waals surface area contributed by atoms with Crippen molar-refractivity contribution in [2.75, 3.05) is 6.61 Å². The van der Waals surface area contributed by atoms with Crippen molar-refractivity contribution in [3.05, 3.63) is 11.1 Å². The van der Waals surface area contributed by atoms with Crippen LogP contribution >= 0.6 is 0 Å². The number of hydrogen-bond donors (Lipinski definition) is 0. The van der Waals surface area contributed by atoms with Crippen LogP contribution < -0.4 is 0 Å². The molecule has 0 bridgehead atoms. The molecule has 1 aliphatic carbocycles. The molecule has 0 aromatic heterocycles. The molecule has 1 atom stereocenters. The normalized spacial score (nSPS) is 28.9. The zero-order valence-corrected chi connectivity index (χ0v) is 7.43. The highest BCUT2D eigenvalue weighted by atomic mass is 16.5. The van der Waals surface area contributed by atoms with Gasteiger partial charge in [-0.25, -0.2) is 0 Å². The van der Waals surface area contributed by atoms with Crippen LogP contribution in [0, 0.1) is 0 Å². The van der Waals surface area contributed by atoms with Gasteiger partial charge < -0.3 is 4.74 Å². The summed E-state index contributed by atoms with van der Waals surface area (Å²) < 4.78 is 5.54. The Bertz CT molecular complexity index is 240. The van der Waals surface area contributed by atoms with Crippen molar-refractivity contribution in [1.82, 2.24) is 0 Å². The fraction of sp³-hybridized carbons (Fsp3) is 0.700.